The van der Waals surface area contributed by atoms with Gasteiger partial charge in [-0.3, -0.25) is 0 Å². The van der Waals surface area contributed by atoms with E-state index in [9.17, 15) is 8.42 Å². The van der Waals surface area contributed by atoms with Crippen LogP contribution in [-0.4, -0.2) is 26.2 Å². The van der Waals surface area contributed by atoms with E-state index in [1.807, 2.05) is 0 Å². The molecule has 102 valence electrons. The minimum Gasteiger partial charge on any atom is -0.398 e. The van der Waals surface area contributed by atoms with Gasteiger partial charge in [-0.1, -0.05) is 22.9 Å². The SMILES string of the molecule is CCC(CO)NS(=O)(=O)c1c(N)cc(Br)cc1Br. The number of nitrogen functional groups attached to an aromatic ring is 1. The van der Waals surface area contributed by atoms with Crippen molar-refractivity contribution in [2.75, 3.05) is 12.3 Å². The molecule has 5 nitrogen and oxygen atoms in total. The molecule has 0 amide bonds. The Labute approximate surface area is 123 Å². The Bertz CT molecular complexity index is 507. The van der Waals surface area contributed by atoms with Crippen molar-refractivity contribution in [3.05, 3.63) is 21.1 Å². The third-order valence-corrected chi connectivity index (χ3v) is 5.32. The lowest BCUT2D eigenvalue weighted by atomic mass is 10.3. The van der Waals surface area contributed by atoms with Crippen LogP contribution in [0.5, 0.6) is 0 Å². The second kappa shape index (κ2) is 6.33. The predicted molar refractivity (Wildman–Crippen MR) is 77.7 cm³/mol. The molecule has 0 saturated carbocycles. The van der Waals surface area contributed by atoms with Crippen molar-refractivity contribution < 1.29 is 13.5 Å². The van der Waals surface area contributed by atoms with E-state index in [1.165, 1.54) is 6.07 Å². The third-order valence-electron chi connectivity index (χ3n) is 2.34. The summed E-state index contributed by atoms with van der Waals surface area (Å²) in [7, 11) is -3.76. The molecule has 0 spiro atoms. The molecule has 0 aromatic heterocycles. The maximum atomic E-state index is 12.2. The molecule has 0 aliphatic carbocycles. The Morgan fingerprint density at radius 3 is 2.50 bits per heavy atom. The minimum atomic E-state index is -3.76. The van der Waals surface area contributed by atoms with Crippen molar-refractivity contribution in [1.29, 1.82) is 0 Å². The average molecular weight is 402 g/mol. The van der Waals surface area contributed by atoms with E-state index in [-0.39, 0.29) is 17.2 Å². The molecular formula is C10H14Br2N2O3S. The first-order valence-electron chi connectivity index (χ1n) is 5.19. The summed E-state index contributed by atoms with van der Waals surface area (Å²) in [5.74, 6) is 0. The predicted octanol–water partition coefficient (Wildman–Crippen LogP) is 1.84. The molecule has 0 aliphatic heterocycles. The van der Waals surface area contributed by atoms with Gasteiger partial charge < -0.3 is 10.8 Å². The zero-order chi connectivity index (χ0) is 13.9. The summed E-state index contributed by atoms with van der Waals surface area (Å²) >= 11 is 6.40. The smallest absolute Gasteiger partial charge is 0.244 e. The van der Waals surface area contributed by atoms with Crippen LogP contribution in [0.4, 0.5) is 5.69 Å². The summed E-state index contributed by atoms with van der Waals surface area (Å²) in [6.07, 6.45) is 0.490. The van der Waals surface area contributed by atoms with Crippen molar-refractivity contribution in [3.63, 3.8) is 0 Å². The van der Waals surface area contributed by atoms with Crippen LogP contribution < -0.4 is 10.5 Å². The van der Waals surface area contributed by atoms with E-state index < -0.39 is 16.1 Å². The van der Waals surface area contributed by atoms with Gasteiger partial charge in [0.05, 0.1) is 12.3 Å². The molecule has 1 rings (SSSR count). The minimum absolute atomic E-state index is 0.0161. The van der Waals surface area contributed by atoms with E-state index in [0.29, 0.717) is 15.4 Å². The molecule has 0 fully saturated rings. The van der Waals surface area contributed by atoms with Crippen LogP contribution in [-0.2, 0) is 10.0 Å². The molecule has 18 heavy (non-hydrogen) atoms. The van der Waals surface area contributed by atoms with Crippen molar-refractivity contribution in [1.82, 2.24) is 4.72 Å². The number of nitrogens with one attached hydrogen (secondary N) is 1. The first kappa shape index (κ1) is 15.9. The van der Waals surface area contributed by atoms with Crippen molar-refractivity contribution in [3.8, 4) is 0 Å². The van der Waals surface area contributed by atoms with E-state index in [2.05, 4.69) is 36.6 Å². The van der Waals surface area contributed by atoms with Crippen LogP contribution >= 0.6 is 31.9 Å². The Hall–Kier alpha value is -0.150. The highest BCUT2D eigenvalue weighted by Gasteiger charge is 2.24. The van der Waals surface area contributed by atoms with Crippen LogP contribution in [0.3, 0.4) is 0 Å². The number of sulfonamides is 1. The number of hydrogen-bond donors (Lipinski definition) is 3. The molecule has 1 atom stereocenters. The molecule has 8 heteroatoms. The number of nitrogens with two attached hydrogens (primary N) is 1. The van der Waals surface area contributed by atoms with Gasteiger partial charge in [-0.05, 0) is 34.5 Å². The zero-order valence-corrected chi connectivity index (χ0v) is 13.6. The molecular weight excluding hydrogens is 388 g/mol. The fourth-order valence-corrected chi connectivity index (χ4v) is 4.77. The summed E-state index contributed by atoms with van der Waals surface area (Å²) < 4.78 is 27.8. The summed E-state index contributed by atoms with van der Waals surface area (Å²) in [4.78, 5) is -0.0161. The Morgan fingerprint density at radius 2 is 2.06 bits per heavy atom. The highest BCUT2D eigenvalue weighted by atomic mass is 79.9. The van der Waals surface area contributed by atoms with E-state index in [0.717, 1.165) is 0 Å². The number of rotatable bonds is 5. The van der Waals surface area contributed by atoms with E-state index in [4.69, 9.17) is 10.8 Å². The highest BCUT2D eigenvalue weighted by molar-refractivity contribution is 9.11. The number of hydrogen-bond acceptors (Lipinski definition) is 4. The van der Waals surface area contributed by atoms with Gasteiger partial charge >= 0.3 is 0 Å². The van der Waals surface area contributed by atoms with Crippen molar-refractivity contribution >= 4 is 47.6 Å². The topological polar surface area (TPSA) is 92.4 Å². The van der Waals surface area contributed by atoms with Crippen LogP contribution in [0.25, 0.3) is 0 Å². The summed E-state index contributed by atoms with van der Waals surface area (Å²) in [5, 5.41) is 9.04. The summed E-state index contributed by atoms with van der Waals surface area (Å²) in [6.45, 7) is 1.52. The van der Waals surface area contributed by atoms with Gasteiger partial charge in [0.25, 0.3) is 0 Å². The van der Waals surface area contributed by atoms with E-state index in [1.54, 1.807) is 13.0 Å². The van der Waals surface area contributed by atoms with Crippen molar-refractivity contribution in [2.45, 2.75) is 24.3 Å². The second-order valence-electron chi connectivity index (χ2n) is 3.71. The lowest BCUT2D eigenvalue weighted by Gasteiger charge is -2.16. The molecule has 0 aliphatic rings. The van der Waals surface area contributed by atoms with E-state index >= 15 is 0 Å². The molecule has 0 radical (unpaired) electrons. The first-order valence-corrected chi connectivity index (χ1v) is 8.26. The van der Waals surface area contributed by atoms with Gasteiger partial charge in [-0.25, -0.2) is 13.1 Å². The Balaban J connectivity index is 3.21. The molecule has 0 bridgehead atoms. The molecule has 0 saturated heterocycles. The number of anilines is 1. The molecule has 0 heterocycles. The van der Waals surface area contributed by atoms with Gasteiger partial charge in [0.1, 0.15) is 4.90 Å². The maximum Gasteiger partial charge on any atom is 0.244 e. The maximum absolute atomic E-state index is 12.2. The quantitative estimate of drug-likeness (QED) is 0.656. The third kappa shape index (κ3) is 3.67. The molecule has 1 aromatic carbocycles. The second-order valence-corrected chi connectivity index (χ2v) is 7.14. The van der Waals surface area contributed by atoms with Gasteiger partial charge in [0.2, 0.25) is 10.0 Å². The summed E-state index contributed by atoms with van der Waals surface area (Å²) in [6, 6.07) is 2.59. The highest BCUT2D eigenvalue weighted by Crippen LogP contribution is 2.31. The van der Waals surface area contributed by atoms with Crippen LogP contribution in [0.1, 0.15) is 13.3 Å². The standard InChI is InChI=1S/C10H14Br2N2O3S/c1-2-7(5-15)14-18(16,17)10-8(12)3-6(11)4-9(10)13/h3-4,7,14-15H,2,5,13H2,1H3. The first-order chi connectivity index (χ1) is 8.31. The zero-order valence-electron chi connectivity index (χ0n) is 9.65. The van der Waals surface area contributed by atoms with Crippen LogP contribution in [0.15, 0.2) is 26.0 Å². The summed E-state index contributed by atoms with van der Waals surface area (Å²) in [5.41, 5.74) is 5.86. The van der Waals surface area contributed by atoms with Crippen LogP contribution in [0.2, 0.25) is 0 Å². The number of aliphatic hydroxyl groups is 1. The average Bonchev–Trinajstić information content (AvgIpc) is 2.23. The monoisotopic (exact) mass is 400 g/mol. The normalized spacial score (nSPS) is 13.6. The van der Waals surface area contributed by atoms with Gasteiger partial charge in [-0.15, -0.1) is 0 Å². The largest absolute Gasteiger partial charge is 0.398 e. The molecule has 1 aromatic rings. The van der Waals surface area contributed by atoms with Crippen molar-refractivity contribution in [2.24, 2.45) is 0 Å². The lowest BCUT2D eigenvalue weighted by molar-refractivity contribution is 0.254. The fraction of sp³-hybridized carbons (Fsp3) is 0.400. The lowest BCUT2D eigenvalue weighted by Crippen LogP contribution is -2.37. The number of halogens is 2. The Morgan fingerprint density at radius 1 is 1.44 bits per heavy atom. The van der Waals surface area contributed by atoms with Gasteiger partial charge in [-0.2, -0.15) is 0 Å². The van der Waals surface area contributed by atoms with Gasteiger partial charge in [0.15, 0.2) is 0 Å². The molecule has 4 N–H and O–H groups in total. The number of benzene rings is 1. The molecule has 1 unspecified atom stereocenters. The van der Waals surface area contributed by atoms with Gasteiger partial charge in [0, 0.05) is 15.0 Å². The Kier molecular flexibility index (Phi) is 5.60. The fourth-order valence-electron chi connectivity index (χ4n) is 1.39. The number of aliphatic hydroxyl groups excluding tert-OH is 1. The van der Waals surface area contributed by atoms with Crippen LogP contribution in [0, 0.1) is 0 Å².